The fraction of sp³-hybridized carbons (Fsp3) is 0.571. The lowest BCUT2D eigenvalue weighted by atomic mass is 9.96. The summed E-state index contributed by atoms with van der Waals surface area (Å²) >= 11 is 3.39. The van der Waals surface area contributed by atoms with Crippen LogP contribution in [0.15, 0.2) is 22.7 Å². The molecule has 2 nitrogen and oxygen atoms in total. The van der Waals surface area contributed by atoms with Gasteiger partial charge >= 0.3 is 0 Å². The summed E-state index contributed by atoms with van der Waals surface area (Å²) in [5.41, 5.74) is 0.734. The van der Waals surface area contributed by atoms with E-state index in [2.05, 4.69) is 21.2 Å². The van der Waals surface area contributed by atoms with Gasteiger partial charge in [0.25, 0.3) is 0 Å². The van der Waals surface area contributed by atoms with Crippen molar-refractivity contribution in [2.24, 2.45) is 0 Å². The first kappa shape index (κ1) is 14.0. The van der Waals surface area contributed by atoms with Crippen LogP contribution in [-0.2, 0) is 11.2 Å². The Balaban J connectivity index is 2.06. The van der Waals surface area contributed by atoms with E-state index >= 15 is 0 Å². The second-order valence-electron chi connectivity index (χ2n) is 4.74. The number of ether oxygens (including phenoxy) is 1. The summed E-state index contributed by atoms with van der Waals surface area (Å²) in [6.07, 6.45) is 4.25. The van der Waals surface area contributed by atoms with Crippen LogP contribution in [-0.4, -0.2) is 25.8 Å². The largest absolute Gasteiger partial charge is 0.377 e. The van der Waals surface area contributed by atoms with Crippen LogP contribution in [0.1, 0.15) is 24.8 Å². The molecule has 1 aromatic carbocycles. The van der Waals surface area contributed by atoms with Crippen LogP contribution in [0, 0.1) is 5.82 Å². The molecule has 0 aromatic heterocycles. The van der Waals surface area contributed by atoms with Gasteiger partial charge in [0.2, 0.25) is 0 Å². The molecule has 1 N–H and O–H groups in total. The predicted octanol–water partition coefficient (Wildman–Crippen LogP) is 3.29. The summed E-state index contributed by atoms with van der Waals surface area (Å²) in [5, 5.41) is 3.26. The van der Waals surface area contributed by atoms with Crippen molar-refractivity contribution in [3.05, 3.63) is 34.1 Å². The average Bonchev–Trinajstić information content (AvgIpc) is 2.41. The zero-order chi connectivity index (χ0) is 13.0. The second kappa shape index (κ2) is 6.64. The molecule has 100 valence electrons. The monoisotopic (exact) mass is 315 g/mol. The van der Waals surface area contributed by atoms with Crippen molar-refractivity contribution in [1.82, 2.24) is 5.32 Å². The Hall–Kier alpha value is -0.450. The Kier molecular flexibility index (Phi) is 5.15. The van der Waals surface area contributed by atoms with Crippen molar-refractivity contribution in [2.45, 2.75) is 37.8 Å². The zero-order valence-corrected chi connectivity index (χ0v) is 12.2. The van der Waals surface area contributed by atoms with Crippen molar-refractivity contribution in [1.29, 1.82) is 0 Å². The molecule has 1 aliphatic heterocycles. The average molecular weight is 316 g/mol. The Labute approximate surface area is 116 Å². The van der Waals surface area contributed by atoms with Crippen molar-refractivity contribution < 1.29 is 9.13 Å². The van der Waals surface area contributed by atoms with E-state index < -0.39 is 0 Å². The van der Waals surface area contributed by atoms with Crippen molar-refractivity contribution >= 4 is 15.9 Å². The Morgan fingerprint density at radius 2 is 2.33 bits per heavy atom. The lowest BCUT2D eigenvalue weighted by molar-refractivity contribution is -0.00601. The van der Waals surface area contributed by atoms with Crippen LogP contribution in [0.2, 0.25) is 0 Å². The molecule has 0 amide bonds. The van der Waals surface area contributed by atoms with Crippen LogP contribution < -0.4 is 5.32 Å². The van der Waals surface area contributed by atoms with E-state index in [0.717, 1.165) is 29.5 Å². The lowest BCUT2D eigenvalue weighted by Crippen LogP contribution is -2.42. The summed E-state index contributed by atoms with van der Waals surface area (Å²) < 4.78 is 20.4. The highest BCUT2D eigenvalue weighted by molar-refractivity contribution is 9.10. The van der Waals surface area contributed by atoms with E-state index in [1.54, 1.807) is 6.07 Å². The van der Waals surface area contributed by atoms with E-state index in [-0.39, 0.29) is 18.0 Å². The van der Waals surface area contributed by atoms with Crippen LogP contribution in [0.4, 0.5) is 4.39 Å². The third-order valence-electron chi connectivity index (χ3n) is 3.48. The van der Waals surface area contributed by atoms with E-state index in [1.165, 1.54) is 12.5 Å². The Bertz CT molecular complexity index is 393. The van der Waals surface area contributed by atoms with Gasteiger partial charge in [0.1, 0.15) is 5.82 Å². The number of benzene rings is 1. The summed E-state index contributed by atoms with van der Waals surface area (Å²) in [4.78, 5) is 0. The van der Waals surface area contributed by atoms with E-state index in [1.807, 2.05) is 13.1 Å². The van der Waals surface area contributed by atoms with Gasteiger partial charge in [-0.05, 0) is 56.5 Å². The number of hydrogen-bond acceptors (Lipinski definition) is 2. The standard InChI is InChI=1S/C14H19BrFNO/c1-17-13(14-4-2-3-7-18-14)9-10-8-11(15)5-6-12(10)16/h5-6,8,13-14,17H,2-4,7,9H2,1H3. The third-order valence-corrected chi connectivity index (χ3v) is 3.98. The molecule has 2 unspecified atom stereocenters. The highest BCUT2D eigenvalue weighted by Gasteiger charge is 2.24. The lowest BCUT2D eigenvalue weighted by Gasteiger charge is -2.30. The predicted molar refractivity (Wildman–Crippen MR) is 74.2 cm³/mol. The topological polar surface area (TPSA) is 21.3 Å². The van der Waals surface area contributed by atoms with Gasteiger partial charge in [0, 0.05) is 17.1 Å². The maximum atomic E-state index is 13.7. The molecule has 0 saturated carbocycles. The fourth-order valence-corrected chi connectivity index (χ4v) is 2.85. The Morgan fingerprint density at radius 1 is 1.50 bits per heavy atom. The number of likely N-dealkylation sites (N-methyl/N-ethyl adjacent to an activating group) is 1. The van der Waals surface area contributed by atoms with Crippen molar-refractivity contribution in [3.63, 3.8) is 0 Å². The van der Waals surface area contributed by atoms with Gasteiger partial charge in [-0.25, -0.2) is 4.39 Å². The van der Waals surface area contributed by atoms with Crippen LogP contribution in [0.5, 0.6) is 0 Å². The van der Waals surface area contributed by atoms with Gasteiger partial charge in [0.15, 0.2) is 0 Å². The normalized spacial score (nSPS) is 21.8. The van der Waals surface area contributed by atoms with Crippen LogP contribution in [0.3, 0.4) is 0 Å². The highest BCUT2D eigenvalue weighted by atomic mass is 79.9. The van der Waals surface area contributed by atoms with Crippen LogP contribution >= 0.6 is 15.9 Å². The molecule has 1 saturated heterocycles. The quantitative estimate of drug-likeness (QED) is 0.920. The second-order valence-corrected chi connectivity index (χ2v) is 5.66. The van der Waals surface area contributed by atoms with Crippen molar-refractivity contribution in [2.75, 3.05) is 13.7 Å². The van der Waals surface area contributed by atoms with E-state index in [9.17, 15) is 4.39 Å². The molecule has 2 atom stereocenters. The molecule has 4 heteroatoms. The molecule has 1 aromatic rings. The Morgan fingerprint density at radius 3 is 3.00 bits per heavy atom. The molecular weight excluding hydrogens is 297 g/mol. The van der Waals surface area contributed by atoms with Gasteiger partial charge < -0.3 is 10.1 Å². The summed E-state index contributed by atoms with van der Waals surface area (Å²) in [7, 11) is 1.92. The van der Waals surface area contributed by atoms with Gasteiger partial charge in [0.05, 0.1) is 6.10 Å². The smallest absolute Gasteiger partial charge is 0.126 e. The van der Waals surface area contributed by atoms with Gasteiger partial charge in [-0.3, -0.25) is 0 Å². The molecule has 1 heterocycles. The minimum Gasteiger partial charge on any atom is -0.377 e. The summed E-state index contributed by atoms with van der Waals surface area (Å²) in [6, 6.07) is 5.26. The molecule has 0 radical (unpaired) electrons. The SMILES string of the molecule is CNC(Cc1cc(Br)ccc1F)C1CCCCO1. The minimum atomic E-state index is -0.144. The number of hydrogen-bond donors (Lipinski definition) is 1. The molecule has 18 heavy (non-hydrogen) atoms. The molecule has 0 spiro atoms. The van der Waals surface area contributed by atoms with E-state index in [0.29, 0.717) is 6.42 Å². The maximum Gasteiger partial charge on any atom is 0.126 e. The molecule has 0 aliphatic carbocycles. The first-order valence-electron chi connectivity index (χ1n) is 6.43. The maximum absolute atomic E-state index is 13.7. The molecular formula is C14H19BrFNO. The number of halogens is 2. The fourth-order valence-electron chi connectivity index (χ4n) is 2.44. The van der Waals surface area contributed by atoms with Crippen LogP contribution in [0.25, 0.3) is 0 Å². The first-order valence-corrected chi connectivity index (χ1v) is 7.23. The molecule has 0 bridgehead atoms. The van der Waals surface area contributed by atoms with E-state index in [4.69, 9.17) is 4.74 Å². The summed E-state index contributed by atoms with van der Waals surface area (Å²) in [6.45, 7) is 0.823. The molecule has 2 rings (SSSR count). The molecule has 1 fully saturated rings. The van der Waals surface area contributed by atoms with Gasteiger partial charge in [-0.2, -0.15) is 0 Å². The van der Waals surface area contributed by atoms with Gasteiger partial charge in [-0.1, -0.05) is 15.9 Å². The third kappa shape index (κ3) is 3.53. The van der Waals surface area contributed by atoms with Gasteiger partial charge in [-0.15, -0.1) is 0 Å². The highest BCUT2D eigenvalue weighted by Crippen LogP contribution is 2.21. The molecule has 1 aliphatic rings. The van der Waals surface area contributed by atoms with Crippen molar-refractivity contribution in [3.8, 4) is 0 Å². The zero-order valence-electron chi connectivity index (χ0n) is 10.6. The minimum absolute atomic E-state index is 0.144. The first-order chi connectivity index (χ1) is 8.70. The number of rotatable bonds is 4. The number of nitrogens with one attached hydrogen (secondary N) is 1. The summed E-state index contributed by atoms with van der Waals surface area (Å²) in [5.74, 6) is -0.144.